The summed E-state index contributed by atoms with van der Waals surface area (Å²) >= 11 is 0. The van der Waals surface area contributed by atoms with Crippen molar-refractivity contribution in [3.63, 3.8) is 0 Å². The Labute approximate surface area is 102 Å². The molecule has 1 heterocycles. The van der Waals surface area contributed by atoms with Gasteiger partial charge in [0, 0.05) is 7.05 Å². The van der Waals surface area contributed by atoms with E-state index in [4.69, 9.17) is 5.84 Å². The third-order valence-corrected chi connectivity index (χ3v) is 2.34. The lowest BCUT2D eigenvalue weighted by Crippen LogP contribution is -2.20. The number of rotatable bonds is 3. The zero-order valence-corrected chi connectivity index (χ0v) is 9.51. The van der Waals surface area contributed by atoms with E-state index in [1.165, 1.54) is 29.2 Å². The van der Waals surface area contributed by atoms with Gasteiger partial charge in [0.15, 0.2) is 0 Å². The minimum atomic E-state index is -0.608. The van der Waals surface area contributed by atoms with E-state index in [9.17, 15) is 9.18 Å². The van der Waals surface area contributed by atoms with Gasteiger partial charge in [-0.05, 0) is 12.1 Å². The van der Waals surface area contributed by atoms with E-state index < -0.39 is 11.7 Å². The Hall–Kier alpha value is -2.48. The highest BCUT2D eigenvalue weighted by Gasteiger charge is 2.15. The predicted octanol–water partition coefficient (Wildman–Crippen LogP) is 0.492. The number of amides is 1. The topological polar surface area (TPSA) is 97.9 Å². The van der Waals surface area contributed by atoms with Crippen LogP contribution >= 0.6 is 0 Å². The highest BCUT2D eigenvalue weighted by Crippen LogP contribution is 2.19. The van der Waals surface area contributed by atoms with Crippen LogP contribution in [0.3, 0.4) is 0 Å². The van der Waals surface area contributed by atoms with Crippen LogP contribution in [0.1, 0.15) is 10.4 Å². The second-order valence-corrected chi connectivity index (χ2v) is 3.47. The largest absolute Gasteiger partial charge is 0.321 e. The minimum Gasteiger partial charge on any atom is -0.321 e. The molecule has 0 aliphatic heterocycles. The van der Waals surface area contributed by atoms with Gasteiger partial charge in [0.05, 0.1) is 11.3 Å². The quantitative estimate of drug-likeness (QED) is 0.544. The number of nitrogens with two attached hydrogens (primary N) is 1. The second kappa shape index (κ2) is 4.80. The summed E-state index contributed by atoms with van der Waals surface area (Å²) in [6.07, 6.45) is 1.29. The van der Waals surface area contributed by atoms with Gasteiger partial charge in [-0.15, -0.1) is 0 Å². The second-order valence-electron chi connectivity index (χ2n) is 3.47. The molecule has 2 aromatic rings. The lowest BCUT2D eigenvalue weighted by atomic mass is 10.1. The summed E-state index contributed by atoms with van der Waals surface area (Å²) in [6.45, 7) is 0. The van der Waals surface area contributed by atoms with Gasteiger partial charge >= 0.3 is 0 Å². The Kier molecular flexibility index (Phi) is 3.20. The molecule has 0 atom stereocenters. The molecule has 0 unspecified atom stereocenters. The van der Waals surface area contributed by atoms with Crippen LogP contribution in [-0.2, 0) is 7.05 Å². The van der Waals surface area contributed by atoms with Crippen LogP contribution < -0.4 is 16.6 Å². The van der Waals surface area contributed by atoms with Crippen LogP contribution in [0.4, 0.5) is 16.0 Å². The molecule has 0 fully saturated rings. The number of nitrogens with zero attached hydrogens (tertiary/aromatic N) is 3. The standard InChI is InChI=1S/C10H11FN6O/c1-17-10(13-5-14-17)15-9(18)6-3-2-4-7(11)8(6)16-12/h2-5,16H,12H2,1H3,(H,13,14,15,18). The number of halogens is 1. The fourth-order valence-electron chi connectivity index (χ4n) is 1.44. The van der Waals surface area contributed by atoms with Gasteiger partial charge in [-0.25, -0.2) is 9.07 Å². The Bertz CT molecular complexity index is 581. The molecule has 4 N–H and O–H groups in total. The molecule has 2 rings (SSSR count). The number of hydrogen-bond acceptors (Lipinski definition) is 5. The summed E-state index contributed by atoms with van der Waals surface area (Å²) < 4.78 is 14.8. The maximum absolute atomic E-state index is 13.4. The molecule has 7 nitrogen and oxygen atoms in total. The summed E-state index contributed by atoms with van der Waals surface area (Å²) in [4.78, 5) is 15.8. The van der Waals surface area contributed by atoms with Crippen molar-refractivity contribution in [1.29, 1.82) is 0 Å². The summed E-state index contributed by atoms with van der Waals surface area (Å²) in [5.41, 5.74) is 2.17. The summed E-state index contributed by atoms with van der Waals surface area (Å²) in [5, 5.41) is 6.30. The first-order valence-electron chi connectivity index (χ1n) is 5.04. The fraction of sp³-hybridized carbons (Fsp3) is 0.100. The number of aryl methyl sites for hydroxylation is 1. The van der Waals surface area contributed by atoms with Crippen molar-refractivity contribution in [3.05, 3.63) is 35.9 Å². The van der Waals surface area contributed by atoms with Crippen LogP contribution in [0, 0.1) is 5.82 Å². The predicted molar refractivity (Wildman–Crippen MR) is 63.2 cm³/mol. The third kappa shape index (κ3) is 2.13. The van der Waals surface area contributed by atoms with Crippen LogP contribution in [0.2, 0.25) is 0 Å². The molecule has 94 valence electrons. The van der Waals surface area contributed by atoms with E-state index in [2.05, 4.69) is 20.8 Å². The van der Waals surface area contributed by atoms with Crippen molar-refractivity contribution in [3.8, 4) is 0 Å². The number of anilines is 2. The van der Waals surface area contributed by atoms with E-state index in [0.29, 0.717) is 0 Å². The summed E-state index contributed by atoms with van der Waals surface area (Å²) in [7, 11) is 1.62. The molecular weight excluding hydrogens is 239 g/mol. The van der Waals surface area contributed by atoms with E-state index in [-0.39, 0.29) is 17.2 Å². The average molecular weight is 250 g/mol. The summed E-state index contributed by atoms with van der Waals surface area (Å²) in [5.74, 6) is 4.31. The van der Waals surface area contributed by atoms with E-state index in [1.54, 1.807) is 7.05 Å². The van der Waals surface area contributed by atoms with E-state index in [1.807, 2.05) is 0 Å². The highest BCUT2D eigenvalue weighted by molar-refractivity contribution is 6.07. The number of benzene rings is 1. The number of para-hydroxylation sites is 1. The van der Waals surface area contributed by atoms with Crippen molar-refractivity contribution in [2.75, 3.05) is 10.7 Å². The SMILES string of the molecule is Cn1ncnc1NC(=O)c1cccc(F)c1NN. The molecule has 0 saturated carbocycles. The number of carbonyl (C=O) groups excluding carboxylic acids is 1. The highest BCUT2D eigenvalue weighted by atomic mass is 19.1. The Morgan fingerprint density at radius 2 is 2.28 bits per heavy atom. The molecule has 1 aromatic heterocycles. The van der Waals surface area contributed by atoms with Gasteiger partial charge in [-0.1, -0.05) is 6.07 Å². The monoisotopic (exact) mass is 250 g/mol. The van der Waals surface area contributed by atoms with Crippen molar-refractivity contribution >= 4 is 17.5 Å². The Morgan fingerprint density at radius 1 is 1.50 bits per heavy atom. The smallest absolute Gasteiger partial charge is 0.260 e. The van der Waals surface area contributed by atoms with E-state index in [0.717, 1.165) is 0 Å². The summed E-state index contributed by atoms with van der Waals surface area (Å²) in [6, 6.07) is 4.07. The number of nitrogen functional groups attached to an aromatic ring is 1. The molecule has 1 amide bonds. The molecule has 0 radical (unpaired) electrons. The molecule has 18 heavy (non-hydrogen) atoms. The molecule has 1 aromatic carbocycles. The number of nitrogens with one attached hydrogen (secondary N) is 2. The molecule has 0 saturated heterocycles. The fourth-order valence-corrected chi connectivity index (χ4v) is 1.44. The van der Waals surface area contributed by atoms with Crippen molar-refractivity contribution in [1.82, 2.24) is 14.8 Å². The van der Waals surface area contributed by atoms with Crippen LogP contribution in [-0.4, -0.2) is 20.7 Å². The van der Waals surface area contributed by atoms with Crippen LogP contribution in [0.25, 0.3) is 0 Å². The van der Waals surface area contributed by atoms with Gasteiger partial charge in [-0.2, -0.15) is 10.1 Å². The Morgan fingerprint density at radius 3 is 2.89 bits per heavy atom. The maximum Gasteiger partial charge on any atom is 0.260 e. The van der Waals surface area contributed by atoms with Crippen molar-refractivity contribution in [2.45, 2.75) is 0 Å². The first-order chi connectivity index (χ1) is 8.63. The van der Waals surface area contributed by atoms with Gasteiger partial charge in [0.1, 0.15) is 12.1 Å². The van der Waals surface area contributed by atoms with Gasteiger partial charge in [0.25, 0.3) is 5.91 Å². The minimum absolute atomic E-state index is 0.0721. The number of aromatic nitrogens is 3. The molecule has 0 bridgehead atoms. The normalized spacial score (nSPS) is 10.2. The third-order valence-electron chi connectivity index (χ3n) is 2.34. The molecular formula is C10H11FN6O. The van der Waals surface area contributed by atoms with Gasteiger partial charge in [0.2, 0.25) is 5.95 Å². The molecule has 0 aliphatic carbocycles. The Balaban J connectivity index is 2.30. The van der Waals surface area contributed by atoms with E-state index >= 15 is 0 Å². The first-order valence-corrected chi connectivity index (χ1v) is 5.04. The lowest BCUT2D eigenvalue weighted by molar-refractivity contribution is 0.102. The first kappa shape index (κ1) is 12.0. The number of carbonyl (C=O) groups is 1. The molecule has 0 spiro atoms. The van der Waals surface area contributed by atoms with Crippen molar-refractivity contribution in [2.24, 2.45) is 12.9 Å². The maximum atomic E-state index is 13.4. The van der Waals surface area contributed by atoms with Crippen LogP contribution in [0.5, 0.6) is 0 Å². The zero-order valence-electron chi connectivity index (χ0n) is 9.51. The number of hydrazine groups is 1. The number of hydrogen-bond donors (Lipinski definition) is 3. The molecule has 0 aliphatic rings. The molecule has 8 heteroatoms. The van der Waals surface area contributed by atoms with Crippen molar-refractivity contribution < 1.29 is 9.18 Å². The average Bonchev–Trinajstić information content (AvgIpc) is 2.74. The van der Waals surface area contributed by atoms with Crippen LogP contribution in [0.15, 0.2) is 24.5 Å². The van der Waals surface area contributed by atoms with Gasteiger partial charge < -0.3 is 5.43 Å². The van der Waals surface area contributed by atoms with Gasteiger partial charge in [-0.3, -0.25) is 16.0 Å². The lowest BCUT2D eigenvalue weighted by Gasteiger charge is -2.09. The zero-order chi connectivity index (χ0) is 13.1.